The number of hydrogen-bond donors (Lipinski definition) is 0. The summed E-state index contributed by atoms with van der Waals surface area (Å²) in [7, 11) is 9.26. The number of rotatable bonds is 0. The maximum absolute atomic E-state index is 3.91. The van der Waals surface area contributed by atoms with Crippen molar-refractivity contribution in [2.45, 2.75) is 0 Å². The first-order valence-electron chi connectivity index (χ1n) is 5.10. The molecule has 1 heterocycles. The van der Waals surface area contributed by atoms with Gasteiger partial charge in [0.25, 0.3) is 0 Å². The van der Waals surface area contributed by atoms with Gasteiger partial charge in [-0.25, -0.2) is 0 Å². The van der Waals surface area contributed by atoms with Crippen LogP contribution < -0.4 is 0 Å². The van der Waals surface area contributed by atoms with E-state index in [0.29, 0.717) is 0 Å². The Hall–Kier alpha value is -1.59. The topological polar surface area (TPSA) is 77.3 Å². The average Bonchev–Trinajstić information content (AvgIpc) is 2.39. The molecule has 0 spiro atoms. The summed E-state index contributed by atoms with van der Waals surface area (Å²) in [5.41, 5.74) is 0. The van der Waals surface area contributed by atoms with Crippen molar-refractivity contribution in [1.29, 1.82) is 0 Å². The molecule has 0 aliphatic carbocycles. The number of nitrogens with zero attached hydrogens (tertiary/aromatic N) is 6. The second-order valence-electron chi connectivity index (χ2n) is 2.68. The Morgan fingerprint density at radius 3 is 0.667 bits per heavy atom. The molecule has 1 rings (SSSR count). The van der Waals surface area contributed by atoms with Crippen LogP contribution in [0.2, 0.25) is 0 Å². The molecule has 0 unspecified atom stereocenters. The van der Waals surface area contributed by atoms with E-state index in [-0.39, 0.29) is 0 Å². The zero-order chi connectivity index (χ0) is 12.7. The van der Waals surface area contributed by atoms with Crippen molar-refractivity contribution in [2.24, 2.45) is 0 Å². The third-order valence-electron chi connectivity index (χ3n) is 1.43. The standard InChI is InChI=1S/C6H6B6N6/c1-7-14-3-9-16-5-11-18-6-12-17-4-10-15-2-8-13-1/h1-6H. The van der Waals surface area contributed by atoms with Crippen LogP contribution >= 0.6 is 0 Å². The van der Waals surface area contributed by atoms with Crippen molar-refractivity contribution in [1.82, 2.24) is 29.3 Å². The van der Waals surface area contributed by atoms with Crippen molar-refractivity contribution in [3.63, 3.8) is 0 Å². The molecule has 0 N–H and O–H groups in total. The van der Waals surface area contributed by atoms with Crippen LogP contribution in [0.15, 0.2) is 36.6 Å². The minimum absolute atomic E-state index is 1.54. The fraction of sp³-hybridized carbons (Fsp3) is 0. The Bertz CT molecular complexity index is 319. The van der Waals surface area contributed by atoms with E-state index in [2.05, 4.69) is 29.3 Å². The van der Waals surface area contributed by atoms with Gasteiger partial charge in [-0.2, -0.15) is 0 Å². The van der Waals surface area contributed by atoms with Crippen LogP contribution in [-0.4, -0.2) is 71.7 Å². The second-order valence-corrected chi connectivity index (χ2v) is 2.68. The van der Waals surface area contributed by atoms with E-state index in [0.717, 1.165) is 0 Å². The molecule has 18 heavy (non-hydrogen) atoms. The van der Waals surface area contributed by atoms with Crippen LogP contribution in [0.5, 0.6) is 0 Å². The van der Waals surface area contributed by atoms with Crippen LogP contribution in [-0.2, 0) is 0 Å². The van der Waals surface area contributed by atoms with Gasteiger partial charge < -0.3 is 0 Å². The molecule has 6 nitrogen and oxygen atoms in total. The maximum atomic E-state index is 3.91. The molecule has 0 amide bonds. The number of aromatic nitrogens is 6. The van der Waals surface area contributed by atoms with Gasteiger partial charge in [0.2, 0.25) is 0 Å². The van der Waals surface area contributed by atoms with E-state index in [1.807, 2.05) is 0 Å². The van der Waals surface area contributed by atoms with Crippen molar-refractivity contribution in [3.05, 3.63) is 36.6 Å². The van der Waals surface area contributed by atoms with Gasteiger partial charge in [-0.3, -0.25) is 0 Å². The quantitative estimate of drug-likeness (QED) is 0.486. The Kier molecular flexibility index (Phi) is 9.55. The molecule has 0 aliphatic rings. The van der Waals surface area contributed by atoms with Gasteiger partial charge in [0.1, 0.15) is 0 Å². The molecule has 0 bridgehead atoms. The van der Waals surface area contributed by atoms with E-state index in [4.69, 9.17) is 0 Å². The summed E-state index contributed by atoms with van der Waals surface area (Å²) in [5, 5.41) is 0. The fourth-order valence-corrected chi connectivity index (χ4v) is 0.760. The minimum atomic E-state index is 1.54. The molecule has 0 saturated carbocycles. The van der Waals surface area contributed by atoms with Gasteiger partial charge in [0.05, 0.1) is 0 Å². The molecule has 0 atom stereocenters. The Balaban J connectivity index is 3.00. The first-order valence-corrected chi connectivity index (χ1v) is 5.10. The van der Waals surface area contributed by atoms with Crippen molar-refractivity contribution in [2.75, 3.05) is 0 Å². The van der Waals surface area contributed by atoms with Gasteiger partial charge in [0, 0.05) is 0 Å². The molecule has 0 fully saturated rings. The average molecular weight is 227 g/mol. The first-order chi connectivity index (χ1) is 9.00. The van der Waals surface area contributed by atoms with Crippen molar-refractivity contribution < 1.29 is 0 Å². The SMILES string of the molecule is b1cnbcnbcnbcnbcnbcn1. The summed E-state index contributed by atoms with van der Waals surface area (Å²) in [6.07, 6.45) is 9.26. The molecule has 78 valence electrons. The summed E-state index contributed by atoms with van der Waals surface area (Å²) in [5.74, 6) is 0. The number of hydrogen-bond acceptors (Lipinski definition) is 6. The molecule has 0 saturated heterocycles. The third kappa shape index (κ3) is 9.62. The summed E-state index contributed by atoms with van der Waals surface area (Å²) in [6, 6.07) is 0. The van der Waals surface area contributed by atoms with Gasteiger partial charge >= 0.3 is 108 Å². The molecule has 0 aromatic carbocycles. The second kappa shape index (κ2) is 11.9. The third-order valence-corrected chi connectivity index (χ3v) is 1.43. The normalized spacial score (nSPS) is 6.67. The molecule has 1 aromatic heterocycles. The summed E-state index contributed by atoms with van der Waals surface area (Å²) >= 11 is 0. The summed E-state index contributed by atoms with van der Waals surface area (Å²) < 4.78 is 0. The van der Waals surface area contributed by atoms with Gasteiger partial charge in [-0.1, -0.05) is 0 Å². The van der Waals surface area contributed by atoms with Crippen LogP contribution in [0.1, 0.15) is 0 Å². The van der Waals surface area contributed by atoms with E-state index in [1.165, 1.54) is 0 Å². The van der Waals surface area contributed by atoms with Gasteiger partial charge in [-0.05, 0) is 0 Å². The first kappa shape index (κ1) is 14.5. The van der Waals surface area contributed by atoms with Crippen LogP contribution in [0.4, 0.5) is 0 Å². The Morgan fingerprint density at radius 1 is 0.333 bits per heavy atom. The van der Waals surface area contributed by atoms with Crippen LogP contribution in [0, 0.1) is 0 Å². The van der Waals surface area contributed by atoms with E-state index < -0.39 is 0 Å². The molecule has 0 aliphatic heterocycles. The molecular weight excluding hydrogens is 221 g/mol. The summed E-state index contributed by atoms with van der Waals surface area (Å²) in [6.45, 7) is 0. The Labute approximate surface area is 109 Å². The molecule has 12 heteroatoms. The van der Waals surface area contributed by atoms with E-state index in [9.17, 15) is 0 Å². The van der Waals surface area contributed by atoms with Crippen molar-refractivity contribution >= 4 is 42.3 Å². The Morgan fingerprint density at radius 2 is 0.500 bits per heavy atom. The fourth-order valence-electron chi connectivity index (χ4n) is 0.760. The molecular formula is C6H6B6N6. The van der Waals surface area contributed by atoms with Gasteiger partial charge in [-0.15, -0.1) is 0 Å². The van der Waals surface area contributed by atoms with E-state index in [1.54, 1.807) is 78.9 Å². The molecule has 1 aromatic rings. The summed E-state index contributed by atoms with van der Waals surface area (Å²) in [4.78, 5) is 23.5. The molecule has 0 radical (unpaired) electrons. The monoisotopic (exact) mass is 228 g/mol. The zero-order valence-electron chi connectivity index (χ0n) is 9.61. The van der Waals surface area contributed by atoms with Gasteiger partial charge in [0.15, 0.2) is 0 Å². The predicted molar refractivity (Wildman–Crippen MR) is 74.2 cm³/mol. The van der Waals surface area contributed by atoms with E-state index >= 15 is 0 Å². The van der Waals surface area contributed by atoms with Crippen molar-refractivity contribution in [3.8, 4) is 0 Å². The van der Waals surface area contributed by atoms with Crippen LogP contribution in [0.3, 0.4) is 0 Å². The van der Waals surface area contributed by atoms with Crippen LogP contribution in [0.25, 0.3) is 0 Å². The predicted octanol–water partition coefficient (Wildman–Crippen LogP) is -2.54. The zero-order valence-corrected chi connectivity index (χ0v) is 9.61.